The summed E-state index contributed by atoms with van der Waals surface area (Å²) in [4.78, 5) is 10.2. The zero-order valence-electron chi connectivity index (χ0n) is 32.8. The highest BCUT2D eigenvalue weighted by Gasteiger charge is 2.14. The van der Waals surface area contributed by atoms with Gasteiger partial charge in [0, 0.05) is 16.7 Å². The largest absolute Gasteiger partial charge is 0.228 e. The molecule has 2 heteroatoms. The molecule has 0 aliphatic carbocycles. The number of hydrogen-bond donors (Lipinski definition) is 0. The van der Waals surface area contributed by atoms with Crippen molar-refractivity contribution in [1.82, 2.24) is 9.97 Å². The molecule has 0 aliphatic rings. The number of rotatable bonds is 7. The quantitative estimate of drug-likeness (QED) is 0.119. The molecule has 10 aromatic carbocycles. The van der Waals surface area contributed by atoms with Gasteiger partial charge in [-0.05, 0) is 89.0 Å². The molecule has 0 N–H and O–H groups in total. The summed E-state index contributed by atoms with van der Waals surface area (Å²) < 4.78 is 0. The van der Waals surface area contributed by atoms with Crippen LogP contribution in [0.5, 0.6) is 0 Å². The maximum atomic E-state index is 5.11. The second-order valence-corrected chi connectivity index (χ2v) is 15.4. The lowest BCUT2D eigenvalue weighted by atomic mass is 9.89. The molecule has 60 heavy (non-hydrogen) atoms. The van der Waals surface area contributed by atoms with E-state index < -0.39 is 0 Å². The monoisotopic (exact) mass is 762 g/mol. The molecule has 0 fully saturated rings. The molecule has 0 saturated heterocycles. The van der Waals surface area contributed by atoms with Crippen molar-refractivity contribution in [3.8, 4) is 78.4 Å². The second-order valence-electron chi connectivity index (χ2n) is 15.4. The first-order valence-corrected chi connectivity index (χ1v) is 20.5. The Labute approximate surface area is 349 Å². The van der Waals surface area contributed by atoms with Gasteiger partial charge in [0.25, 0.3) is 0 Å². The number of fused-ring (bicyclic) bond motifs is 4. The van der Waals surface area contributed by atoms with Gasteiger partial charge in [-0.3, -0.25) is 0 Å². The van der Waals surface area contributed by atoms with E-state index in [0.717, 1.165) is 39.2 Å². The summed E-state index contributed by atoms with van der Waals surface area (Å²) in [6.07, 6.45) is 0. The third kappa shape index (κ3) is 6.61. The number of nitrogens with zero attached hydrogens (tertiary/aromatic N) is 2. The Morgan fingerprint density at radius 2 is 0.617 bits per heavy atom. The predicted octanol–water partition coefficient (Wildman–Crippen LogP) is 15.6. The van der Waals surface area contributed by atoms with E-state index >= 15 is 0 Å². The molecule has 0 bridgehead atoms. The number of hydrogen-bond acceptors (Lipinski definition) is 2. The number of benzene rings is 10. The minimum absolute atomic E-state index is 0.702. The summed E-state index contributed by atoms with van der Waals surface area (Å²) in [5.74, 6) is 0.702. The van der Waals surface area contributed by atoms with Crippen molar-refractivity contribution in [2.24, 2.45) is 0 Å². The fourth-order valence-electron chi connectivity index (χ4n) is 8.57. The van der Waals surface area contributed by atoms with Crippen LogP contribution in [0.4, 0.5) is 0 Å². The minimum Gasteiger partial charge on any atom is -0.228 e. The third-order valence-electron chi connectivity index (χ3n) is 11.7. The Kier molecular flexibility index (Phi) is 8.87. The lowest BCUT2D eigenvalue weighted by Gasteiger charge is -2.14. The molecule has 0 radical (unpaired) electrons. The van der Waals surface area contributed by atoms with Crippen LogP contribution in [-0.2, 0) is 0 Å². The lowest BCUT2D eigenvalue weighted by Crippen LogP contribution is -1.96. The van der Waals surface area contributed by atoms with Crippen LogP contribution in [0.15, 0.2) is 231 Å². The molecule has 11 aromatic rings. The predicted molar refractivity (Wildman–Crippen MR) is 253 cm³/mol. The smallest absolute Gasteiger partial charge is 0.160 e. The Hall–Kier alpha value is -7.94. The normalized spacial score (nSPS) is 11.3. The van der Waals surface area contributed by atoms with Crippen LogP contribution in [0, 0.1) is 0 Å². The van der Waals surface area contributed by atoms with Crippen molar-refractivity contribution in [3.05, 3.63) is 231 Å². The molecule has 0 saturated carbocycles. The summed E-state index contributed by atoms with van der Waals surface area (Å²) in [7, 11) is 0. The van der Waals surface area contributed by atoms with Gasteiger partial charge in [0.1, 0.15) is 0 Å². The van der Waals surface area contributed by atoms with E-state index in [1.165, 1.54) is 65.7 Å². The topological polar surface area (TPSA) is 25.8 Å². The summed E-state index contributed by atoms with van der Waals surface area (Å²) >= 11 is 0. The van der Waals surface area contributed by atoms with Gasteiger partial charge in [-0.1, -0.05) is 218 Å². The van der Waals surface area contributed by atoms with E-state index in [-0.39, 0.29) is 0 Å². The molecule has 2 nitrogen and oxygen atoms in total. The van der Waals surface area contributed by atoms with Crippen LogP contribution in [0.3, 0.4) is 0 Å². The van der Waals surface area contributed by atoms with Gasteiger partial charge in [-0.15, -0.1) is 0 Å². The zero-order valence-corrected chi connectivity index (χ0v) is 32.8. The Bertz CT molecular complexity index is 3300. The van der Waals surface area contributed by atoms with E-state index in [9.17, 15) is 0 Å². The molecule has 11 rings (SSSR count). The molecule has 280 valence electrons. The SMILES string of the molecule is c1ccc(-c2ccc(-c3cc(-c4ccccc4)nc(-c4ccc(-c5ccc(-c6ccc(-c7c8ccccc8cc8c7ccc7ccccc78)cc6)cc5)cc4)n3)cc2)cc1. The maximum Gasteiger partial charge on any atom is 0.160 e. The standard InChI is InChI=1S/C58H38N2/c1-3-11-39(12-4-1)40-23-29-47(30-24-40)56-38-55(46-14-5-2-6-15-46)59-58(60-56)49-33-27-44(28-34-49)42-21-19-41(20-22-42)43-25-31-48(32-26-43)57-52-18-10-8-16-50(52)37-54-51-17-9-7-13-45(51)35-36-53(54)57/h1-38H. The van der Waals surface area contributed by atoms with E-state index in [1.807, 2.05) is 12.1 Å². The van der Waals surface area contributed by atoms with Crippen LogP contribution >= 0.6 is 0 Å². The van der Waals surface area contributed by atoms with Gasteiger partial charge >= 0.3 is 0 Å². The van der Waals surface area contributed by atoms with Gasteiger partial charge in [-0.2, -0.15) is 0 Å². The van der Waals surface area contributed by atoms with Gasteiger partial charge in [0.15, 0.2) is 5.82 Å². The van der Waals surface area contributed by atoms with Crippen LogP contribution in [-0.4, -0.2) is 9.97 Å². The average molecular weight is 763 g/mol. The molecule has 0 aliphatic heterocycles. The average Bonchev–Trinajstić information content (AvgIpc) is 3.34. The Morgan fingerprint density at radius 3 is 1.18 bits per heavy atom. The van der Waals surface area contributed by atoms with E-state index in [0.29, 0.717) is 5.82 Å². The van der Waals surface area contributed by atoms with Crippen molar-refractivity contribution in [2.45, 2.75) is 0 Å². The van der Waals surface area contributed by atoms with Crippen LogP contribution in [0.25, 0.3) is 111 Å². The van der Waals surface area contributed by atoms with Crippen molar-refractivity contribution in [1.29, 1.82) is 0 Å². The molecule has 1 heterocycles. The molecule has 0 spiro atoms. The first-order valence-electron chi connectivity index (χ1n) is 20.5. The van der Waals surface area contributed by atoms with Crippen LogP contribution < -0.4 is 0 Å². The summed E-state index contributed by atoms with van der Waals surface area (Å²) in [5.41, 5.74) is 14.4. The summed E-state index contributed by atoms with van der Waals surface area (Å²) in [6.45, 7) is 0. The lowest BCUT2D eigenvalue weighted by molar-refractivity contribution is 1.18. The molecular weight excluding hydrogens is 725 g/mol. The van der Waals surface area contributed by atoms with E-state index in [1.54, 1.807) is 0 Å². The molecule has 0 unspecified atom stereocenters. The Morgan fingerprint density at radius 1 is 0.217 bits per heavy atom. The van der Waals surface area contributed by atoms with E-state index in [2.05, 4.69) is 218 Å². The van der Waals surface area contributed by atoms with Crippen molar-refractivity contribution in [3.63, 3.8) is 0 Å². The fraction of sp³-hybridized carbons (Fsp3) is 0. The van der Waals surface area contributed by atoms with Gasteiger partial charge in [0.05, 0.1) is 11.4 Å². The highest BCUT2D eigenvalue weighted by molar-refractivity contribution is 6.20. The third-order valence-corrected chi connectivity index (χ3v) is 11.7. The highest BCUT2D eigenvalue weighted by Crippen LogP contribution is 2.40. The van der Waals surface area contributed by atoms with Gasteiger partial charge < -0.3 is 0 Å². The first-order chi connectivity index (χ1) is 29.7. The zero-order chi connectivity index (χ0) is 39.8. The van der Waals surface area contributed by atoms with Crippen LogP contribution in [0.2, 0.25) is 0 Å². The van der Waals surface area contributed by atoms with Crippen molar-refractivity contribution >= 4 is 32.3 Å². The number of aromatic nitrogens is 2. The molecule has 0 amide bonds. The highest BCUT2D eigenvalue weighted by atomic mass is 14.9. The van der Waals surface area contributed by atoms with Gasteiger partial charge in [-0.25, -0.2) is 9.97 Å². The fourth-order valence-corrected chi connectivity index (χ4v) is 8.57. The molecule has 1 aromatic heterocycles. The second kappa shape index (κ2) is 15.1. The summed E-state index contributed by atoms with van der Waals surface area (Å²) in [6, 6.07) is 82.4. The van der Waals surface area contributed by atoms with Crippen LogP contribution in [0.1, 0.15) is 0 Å². The van der Waals surface area contributed by atoms with Crippen molar-refractivity contribution < 1.29 is 0 Å². The minimum atomic E-state index is 0.702. The van der Waals surface area contributed by atoms with Gasteiger partial charge in [0.2, 0.25) is 0 Å². The Balaban J connectivity index is 0.877. The maximum absolute atomic E-state index is 5.11. The van der Waals surface area contributed by atoms with E-state index in [4.69, 9.17) is 9.97 Å². The molecular formula is C58H38N2. The first kappa shape index (κ1) is 35.2. The van der Waals surface area contributed by atoms with Crippen molar-refractivity contribution in [2.75, 3.05) is 0 Å². The summed E-state index contributed by atoms with van der Waals surface area (Å²) in [5, 5.41) is 7.64. The molecule has 0 atom stereocenters.